The molecule has 2 aromatic rings. The number of hydrogen-bond donors (Lipinski definition) is 1. The number of nitrogens with zero attached hydrogens (tertiary/aromatic N) is 1. The fourth-order valence-electron chi connectivity index (χ4n) is 1.96. The van der Waals surface area contributed by atoms with Crippen LogP contribution in [0.4, 0.5) is 0 Å². The Morgan fingerprint density at radius 2 is 1.88 bits per heavy atom. The Bertz CT molecular complexity index is 1010. The van der Waals surface area contributed by atoms with Gasteiger partial charge in [-0.3, -0.25) is 0 Å². The molecule has 0 aliphatic rings. The molecule has 0 saturated carbocycles. The highest BCUT2D eigenvalue weighted by Gasteiger charge is 2.24. The second kappa shape index (κ2) is 7.91. The van der Waals surface area contributed by atoms with Crippen molar-refractivity contribution in [1.82, 2.24) is 0 Å². The van der Waals surface area contributed by atoms with Gasteiger partial charge in [0, 0.05) is 8.95 Å². The Labute approximate surface area is 170 Å². The number of hydrogen-bond acceptors (Lipinski definition) is 5. The number of sulfone groups is 1. The lowest BCUT2D eigenvalue weighted by molar-refractivity contribution is 0.372. The maximum atomic E-state index is 12.8. The van der Waals surface area contributed by atoms with Gasteiger partial charge in [-0.2, -0.15) is 5.26 Å². The van der Waals surface area contributed by atoms with Crippen LogP contribution in [0.2, 0.25) is 0 Å². The monoisotopic (exact) mass is 549 g/mol. The van der Waals surface area contributed by atoms with Crippen molar-refractivity contribution in [2.24, 2.45) is 0 Å². The first-order valence-electron chi connectivity index (χ1n) is 6.59. The summed E-state index contributed by atoms with van der Waals surface area (Å²) in [4.78, 5) is -0.467. The van der Waals surface area contributed by atoms with Gasteiger partial charge in [-0.05, 0) is 73.8 Å². The van der Waals surface area contributed by atoms with E-state index in [1.807, 2.05) is 0 Å². The second-order valence-corrected chi connectivity index (χ2v) is 9.26. The molecule has 0 aromatic heterocycles. The molecule has 5 nitrogen and oxygen atoms in total. The highest BCUT2D eigenvalue weighted by molar-refractivity contribution is 9.11. The standard InChI is InChI=1S/C16H10Br3NO4S/c1-24-14-6-9(5-13(19)16(14)21)4-11(8-20)25(22,23)15-7-10(17)2-3-12(15)18/h2-7,21H,1H3. The average molecular weight is 552 g/mol. The molecule has 1 N–H and O–H groups in total. The first-order valence-corrected chi connectivity index (χ1v) is 10.5. The lowest BCUT2D eigenvalue weighted by atomic mass is 10.2. The highest BCUT2D eigenvalue weighted by Crippen LogP contribution is 2.37. The first kappa shape index (κ1) is 20.0. The van der Waals surface area contributed by atoms with E-state index >= 15 is 0 Å². The molecule has 0 heterocycles. The molecule has 2 rings (SSSR count). The second-order valence-electron chi connectivity index (χ2n) is 4.75. The van der Waals surface area contributed by atoms with Gasteiger partial charge in [-0.25, -0.2) is 8.42 Å². The Hall–Kier alpha value is -1.34. The number of aromatic hydroxyl groups is 1. The van der Waals surface area contributed by atoms with Crippen LogP contribution in [0, 0.1) is 11.3 Å². The topological polar surface area (TPSA) is 87.4 Å². The molecule has 130 valence electrons. The molecule has 0 spiro atoms. The molecule has 0 atom stereocenters. The summed E-state index contributed by atoms with van der Waals surface area (Å²) < 4.78 is 31.9. The van der Waals surface area contributed by atoms with Gasteiger partial charge >= 0.3 is 0 Å². The van der Waals surface area contributed by atoms with Crippen molar-refractivity contribution >= 4 is 63.7 Å². The van der Waals surface area contributed by atoms with Crippen LogP contribution >= 0.6 is 47.8 Å². The van der Waals surface area contributed by atoms with Gasteiger partial charge in [0.25, 0.3) is 0 Å². The van der Waals surface area contributed by atoms with Gasteiger partial charge < -0.3 is 9.84 Å². The summed E-state index contributed by atoms with van der Waals surface area (Å²) >= 11 is 9.58. The van der Waals surface area contributed by atoms with Gasteiger partial charge in [0.1, 0.15) is 11.0 Å². The fourth-order valence-corrected chi connectivity index (χ4v) is 5.07. The first-order chi connectivity index (χ1) is 11.7. The van der Waals surface area contributed by atoms with Gasteiger partial charge in [0.2, 0.25) is 9.84 Å². The highest BCUT2D eigenvalue weighted by atomic mass is 79.9. The summed E-state index contributed by atoms with van der Waals surface area (Å²) in [7, 11) is -2.67. The maximum absolute atomic E-state index is 12.8. The van der Waals surface area contributed by atoms with E-state index in [9.17, 15) is 18.8 Å². The Morgan fingerprint density at radius 1 is 1.20 bits per heavy atom. The zero-order chi connectivity index (χ0) is 18.8. The van der Waals surface area contributed by atoms with Crippen molar-refractivity contribution in [3.05, 3.63) is 54.2 Å². The average Bonchev–Trinajstić information content (AvgIpc) is 2.57. The number of benzene rings is 2. The number of allylic oxidation sites excluding steroid dienone is 1. The van der Waals surface area contributed by atoms with Crippen molar-refractivity contribution in [1.29, 1.82) is 5.26 Å². The van der Waals surface area contributed by atoms with E-state index in [0.717, 1.165) is 0 Å². The minimum Gasteiger partial charge on any atom is -0.503 e. The molecule has 2 aromatic carbocycles. The third-order valence-corrected chi connectivity index (χ3v) is 6.91. The number of ether oxygens (including phenoxy) is 1. The van der Waals surface area contributed by atoms with E-state index in [1.165, 1.54) is 31.4 Å². The predicted molar refractivity (Wildman–Crippen MR) is 105 cm³/mol. The van der Waals surface area contributed by atoms with Crippen LogP contribution in [0.25, 0.3) is 6.08 Å². The molecule has 0 radical (unpaired) electrons. The van der Waals surface area contributed by atoms with Crippen molar-refractivity contribution in [3.63, 3.8) is 0 Å². The van der Waals surface area contributed by atoms with Crippen molar-refractivity contribution in [2.75, 3.05) is 7.11 Å². The van der Waals surface area contributed by atoms with Gasteiger partial charge in [-0.1, -0.05) is 15.9 Å². The number of phenolic OH excluding ortho intramolecular Hbond substituents is 1. The SMILES string of the molecule is COc1cc(C=C(C#N)S(=O)(=O)c2cc(Br)ccc2Br)cc(Br)c1O. The number of halogens is 3. The molecule has 0 bridgehead atoms. The maximum Gasteiger partial charge on any atom is 0.217 e. The largest absolute Gasteiger partial charge is 0.503 e. The van der Waals surface area contributed by atoms with Crippen LogP contribution < -0.4 is 4.74 Å². The summed E-state index contributed by atoms with van der Waals surface area (Å²) in [6.45, 7) is 0. The number of rotatable bonds is 4. The predicted octanol–water partition coefficient (Wildman–Crippen LogP) is 5.03. The summed E-state index contributed by atoms with van der Waals surface area (Å²) in [5.41, 5.74) is 0.382. The summed E-state index contributed by atoms with van der Waals surface area (Å²) in [6, 6.07) is 9.32. The summed E-state index contributed by atoms with van der Waals surface area (Å²) in [5, 5.41) is 19.2. The molecule has 0 saturated heterocycles. The molecule has 0 amide bonds. The van der Waals surface area contributed by atoms with Crippen molar-refractivity contribution < 1.29 is 18.3 Å². The third-order valence-electron chi connectivity index (χ3n) is 3.15. The van der Waals surface area contributed by atoms with Crippen LogP contribution in [0.1, 0.15) is 5.56 Å². The zero-order valence-electron chi connectivity index (χ0n) is 12.6. The number of methoxy groups -OCH3 is 1. The minimum absolute atomic E-state index is 0.0283. The molecule has 0 unspecified atom stereocenters. The van der Waals surface area contributed by atoms with Crippen LogP contribution in [0.5, 0.6) is 11.5 Å². The van der Waals surface area contributed by atoms with Crippen molar-refractivity contribution in [2.45, 2.75) is 4.90 Å². The van der Waals surface area contributed by atoms with Crippen molar-refractivity contribution in [3.8, 4) is 17.6 Å². The molecule has 9 heteroatoms. The summed E-state index contributed by atoms with van der Waals surface area (Å²) in [6.07, 6.45) is 1.22. The van der Waals surface area contributed by atoms with E-state index in [0.29, 0.717) is 19.0 Å². The minimum atomic E-state index is -4.04. The van der Waals surface area contributed by atoms with Crippen LogP contribution in [0.15, 0.2) is 53.6 Å². The lowest BCUT2D eigenvalue weighted by Gasteiger charge is -2.08. The Kier molecular flexibility index (Phi) is 6.32. The third kappa shape index (κ3) is 4.26. The molecular formula is C16H10Br3NO4S. The van der Waals surface area contributed by atoms with Crippen LogP contribution in [-0.2, 0) is 9.84 Å². The smallest absolute Gasteiger partial charge is 0.217 e. The van der Waals surface area contributed by atoms with E-state index in [4.69, 9.17) is 4.74 Å². The van der Waals surface area contributed by atoms with Gasteiger partial charge in [-0.15, -0.1) is 0 Å². The lowest BCUT2D eigenvalue weighted by Crippen LogP contribution is -2.04. The van der Waals surface area contributed by atoms with E-state index < -0.39 is 14.7 Å². The van der Waals surface area contributed by atoms with Crippen LogP contribution in [0.3, 0.4) is 0 Å². The normalized spacial score (nSPS) is 11.9. The van der Waals surface area contributed by atoms with E-state index in [1.54, 1.807) is 18.2 Å². The molecular weight excluding hydrogens is 542 g/mol. The van der Waals surface area contributed by atoms with Gasteiger partial charge in [0.15, 0.2) is 11.5 Å². The quantitative estimate of drug-likeness (QED) is 0.539. The Balaban J connectivity index is 2.64. The molecule has 0 aliphatic heterocycles. The Morgan fingerprint density at radius 3 is 2.48 bits per heavy atom. The van der Waals surface area contributed by atoms with E-state index in [2.05, 4.69) is 47.8 Å². The summed E-state index contributed by atoms with van der Waals surface area (Å²) in [5.74, 6) is 0.0368. The number of phenols is 1. The molecule has 0 fully saturated rings. The fraction of sp³-hybridized carbons (Fsp3) is 0.0625. The van der Waals surface area contributed by atoms with Crippen LogP contribution in [-0.4, -0.2) is 20.6 Å². The molecule has 25 heavy (non-hydrogen) atoms. The van der Waals surface area contributed by atoms with E-state index in [-0.39, 0.29) is 16.4 Å². The zero-order valence-corrected chi connectivity index (χ0v) is 18.2. The number of nitriles is 1. The molecule has 0 aliphatic carbocycles. The van der Waals surface area contributed by atoms with Gasteiger partial charge in [0.05, 0.1) is 16.5 Å².